The number of nitrogens with one attached hydrogen (secondary N) is 1. The van der Waals surface area contributed by atoms with Gasteiger partial charge in [-0.15, -0.1) is 0 Å². The van der Waals surface area contributed by atoms with E-state index in [0.717, 1.165) is 23.7 Å². The van der Waals surface area contributed by atoms with Gasteiger partial charge in [-0.05, 0) is 19.8 Å². The average Bonchev–Trinajstić information content (AvgIpc) is 2.37. The Balaban J connectivity index is 2.41. The number of anilines is 2. The van der Waals surface area contributed by atoms with Crippen LogP contribution in [0.15, 0.2) is 6.33 Å². The molecule has 2 rings (SSSR count). The standard InChI is InChI=1S/C14H24N4O2S/c1-5-15-13-12(10(2)3)14(17-9-16-13)18-6-7-21(19,20)8-11(18)4/h9-11H,5-8H2,1-4H3,(H,15,16,17). The van der Waals surface area contributed by atoms with Crippen molar-refractivity contribution in [1.82, 2.24) is 9.97 Å². The van der Waals surface area contributed by atoms with E-state index in [0.29, 0.717) is 6.54 Å². The van der Waals surface area contributed by atoms with E-state index >= 15 is 0 Å². The lowest BCUT2D eigenvalue weighted by molar-refractivity contribution is 0.565. The van der Waals surface area contributed by atoms with Crippen molar-refractivity contribution < 1.29 is 8.42 Å². The second-order valence-electron chi connectivity index (χ2n) is 5.80. The van der Waals surface area contributed by atoms with E-state index in [9.17, 15) is 8.42 Å². The largest absolute Gasteiger partial charge is 0.370 e. The van der Waals surface area contributed by atoms with Gasteiger partial charge in [0.2, 0.25) is 0 Å². The predicted octanol–water partition coefficient (Wildman–Crippen LogP) is 1.66. The van der Waals surface area contributed by atoms with E-state index in [4.69, 9.17) is 0 Å². The minimum absolute atomic E-state index is 0.0642. The van der Waals surface area contributed by atoms with E-state index in [1.54, 1.807) is 6.33 Å². The van der Waals surface area contributed by atoms with E-state index in [2.05, 4.69) is 34.0 Å². The molecule has 21 heavy (non-hydrogen) atoms. The molecule has 0 radical (unpaired) electrons. The zero-order valence-corrected chi connectivity index (χ0v) is 13.9. The first kappa shape index (κ1) is 16.0. The number of rotatable bonds is 4. The number of hydrogen-bond acceptors (Lipinski definition) is 6. The summed E-state index contributed by atoms with van der Waals surface area (Å²) in [7, 11) is -2.93. The highest BCUT2D eigenvalue weighted by Crippen LogP contribution is 2.32. The van der Waals surface area contributed by atoms with Crippen LogP contribution < -0.4 is 10.2 Å². The maximum atomic E-state index is 11.8. The first-order valence-corrected chi connectivity index (χ1v) is 9.23. The summed E-state index contributed by atoms with van der Waals surface area (Å²) >= 11 is 0. The molecule has 1 fully saturated rings. The fourth-order valence-corrected chi connectivity index (χ4v) is 4.32. The number of nitrogens with zero attached hydrogens (tertiary/aromatic N) is 3. The van der Waals surface area contributed by atoms with Crippen LogP contribution >= 0.6 is 0 Å². The predicted molar refractivity (Wildman–Crippen MR) is 85.7 cm³/mol. The molecule has 1 N–H and O–H groups in total. The highest BCUT2D eigenvalue weighted by Gasteiger charge is 2.31. The van der Waals surface area contributed by atoms with Gasteiger partial charge in [-0.25, -0.2) is 18.4 Å². The molecular weight excluding hydrogens is 288 g/mol. The van der Waals surface area contributed by atoms with Crippen LogP contribution in [0.5, 0.6) is 0 Å². The summed E-state index contributed by atoms with van der Waals surface area (Å²) in [4.78, 5) is 10.9. The van der Waals surface area contributed by atoms with Crippen LogP contribution in [-0.4, -0.2) is 49.0 Å². The molecule has 0 aliphatic carbocycles. The highest BCUT2D eigenvalue weighted by atomic mass is 32.2. The van der Waals surface area contributed by atoms with Crippen LogP contribution in [0.1, 0.15) is 39.2 Å². The maximum Gasteiger partial charge on any atom is 0.154 e. The minimum Gasteiger partial charge on any atom is -0.370 e. The molecule has 1 atom stereocenters. The molecule has 1 aromatic heterocycles. The van der Waals surface area contributed by atoms with Gasteiger partial charge < -0.3 is 10.2 Å². The van der Waals surface area contributed by atoms with Crippen molar-refractivity contribution in [2.45, 2.75) is 39.7 Å². The highest BCUT2D eigenvalue weighted by molar-refractivity contribution is 7.91. The zero-order valence-electron chi connectivity index (χ0n) is 13.1. The van der Waals surface area contributed by atoms with Crippen molar-refractivity contribution in [2.75, 3.05) is 34.8 Å². The monoisotopic (exact) mass is 312 g/mol. The summed E-state index contributed by atoms with van der Waals surface area (Å²) in [5, 5.41) is 3.27. The maximum absolute atomic E-state index is 11.8. The van der Waals surface area contributed by atoms with Gasteiger partial charge >= 0.3 is 0 Å². The van der Waals surface area contributed by atoms with Crippen LogP contribution in [0.4, 0.5) is 11.6 Å². The van der Waals surface area contributed by atoms with E-state index in [-0.39, 0.29) is 23.5 Å². The lowest BCUT2D eigenvalue weighted by atomic mass is 10.0. The van der Waals surface area contributed by atoms with E-state index < -0.39 is 9.84 Å². The van der Waals surface area contributed by atoms with Crippen molar-refractivity contribution in [3.05, 3.63) is 11.9 Å². The van der Waals surface area contributed by atoms with Crippen LogP contribution in [0.25, 0.3) is 0 Å². The van der Waals surface area contributed by atoms with Crippen molar-refractivity contribution in [2.24, 2.45) is 0 Å². The quantitative estimate of drug-likeness (QED) is 0.911. The Kier molecular flexibility index (Phi) is 4.70. The molecule has 0 amide bonds. The molecule has 1 saturated heterocycles. The van der Waals surface area contributed by atoms with Crippen LogP contribution in [-0.2, 0) is 9.84 Å². The molecule has 1 aliphatic heterocycles. The Morgan fingerprint density at radius 3 is 2.71 bits per heavy atom. The molecule has 1 aromatic rings. The fraction of sp³-hybridized carbons (Fsp3) is 0.714. The Morgan fingerprint density at radius 1 is 1.43 bits per heavy atom. The molecule has 1 aliphatic rings. The molecule has 0 spiro atoms. The molecule has 2 heterocycles. The third kappa shape index (κ3) is 3.45. The summed E-state index contributed by atoms with van der Waals surface area (Å²) in [5.41, 5.74) is 1.06. The third-order valence-electron chi connectivity index (χ3n) is 3.73. The smallest absolute Gasteiger partial charge is 0.154 e. The summed E-state index contributed by atoms with van der Waals surface area (Å²) in [6.07, 6.45) is 1.55. The Bertz CT molecular complexity index is 601. The van der Waals surface area contributed by atoms with Gasteiger partial charge in [-0.2, -0.15) is 0 Å². The Morgan fingerprint density at radius 2 is 2.14 bits per heavy atom. The van der Waals surface area contributed by atoms with Gasteiger partial charge in [0.05, 0.1) is 11.5 Å². The van der Waals surface area contributed by atoms with Gasteiger partial charge in [0, 0.05) is 24.7 Å². The normalized spacial score (nSPS) is 21.6. The molecule has 0 bridgehead atoms. The lowest BCUT2D eigenvalue weighted by Crippen LogP contribution is -2.47. The van der Waals surface area contributed by atoms with Crippen molar-refractivity contribution in [3.8, 4) is 0 Å². The SMILES string of the molecule is CCNc1ncnc(N2CCS(=O)(=O)CC2C)c1C(C)C. The van der Waals surface area contributed by atoms with E-state index in [1.165, 1.54) is 0 Å². The topological polar surface area (TPSA) is 75.2 Å². The summed E-state index contributed by atoms with van der Waals surface area (Å²) in [6.45, 7) is 9.46. The lowest BCUT2D eigenvalue weighted by Gasteiger charge is -2.36. The molecule has 1 unspecified atom stereocenters. The van der Waals surface area contributed by atoms with Crippen molar-refractivity contribution in [3.63, 3.8) is 0 Å². The second-order valence-corrected chi connectivity index (χ2v) is 8.03. The summed E-state index contributed by atoms with van der Waals surface area (Å²) in [5.74, 6) is 2.35. The fourth-order valence-electron chi connectivity index (χ4n) is 2.77. The van der Waals surface area contributed by atoms with Crippen LogP contribution in [0.3, 0.4) is 0 Å². The molecule has 118 valence electrons. The van der Waals surface area contributed by atoms with Crippen LogP contribution in [0.2, 0.25) is 0 Å². The van der Waals surface area contributed by atoms with Gasteiger partial charge in [0.1, 0.15) is 18.0 Å². The first-order chi connectivity index (χ1) is 9.85. The molecule has 0 aromatic carbocycles. The Hall–Kier alpha value is -1.37. The second kappa shape index (κ2) is 6.17. The summed E-state index contributed by atoms with van der Waals surface area (Å²) in [6, 6.07) is -0.0642. The summed E-state index contributed by atoms with van der Waals surface area (Å²) < 4.78 is 23.5. The van der Waals surface area contributed by atoms with Gasteiger partial charge in [0.15, 0.2) is 9.84 Å². The first-order valence-electron chi connectivity index (χ1n) is 7.41. The molecule has 6 nitrogen and oxygen atoms in total. The number of aromatic nitrogens is 2. The molecule has 0 saturated carbocycles. The van der Waals surface area contributed by atoms with Gasteiger partial charge in [-0.1, -0.05) is 13.8 Å². The molecule has 7 heteroatoms. The average molecular weight is 312 g/mol. The zero-order chi connectivity index (χ0) is 15.6. The van der Waals surface area contributed by atoms with Crippen molar-refractivity contribution in [1.29, 1.82) is 0 Å². The van der Waals surface area contributed by atoms with Gasteiger partial charge in [0.25, 0.3) is 0 Å². The van der Waals surface area contributed by atoms with Gasteiger partial charge in [-0.3, -0.25) is 0 Å². The minimum atomic E-state index is -2.93. The molecular formula is C14H24N4O2S. The van der Waals surface area contributed by atoms with Crippen molar-refractivity contribution >= 4 is 21.5 Å². The van der Waals surface area contributed by atoms with E-state index in [1.807, 2.05) is 13.8 Å². The third-order valence-corrected chi connectivity index (χ3v) is 5.52. The number of hydrogen-bond donors (Lipinski definition) is 1. The van der Waals surface area contributed by atoms with Crippen LogP contribution in [0, 0.1) is 0 Å². The Labute approximate surface area is 126 Å². The number of sulfone groups is 1.